The van der Waals surface area contributed by atoms with Gasteiger partial charge in [0.25, 0.3) is 0 Å². The number of hydrogen-bond donors (Lipinski definition) is 0. The Hall–Kier alpha value is -1.52. The molecule has 4 rings (SSSR count). The number of fused-ring (bicyclic) bond motifs is 3. The average molecular weight is 414 g/mol. The Labute approximate surface area is 150 Å². The molecule has 1 aromatic carbocycles. The van der Waals surface area contributed by atoms with Crippen molar-refractivity contribution >= 4 is 44.3 Å². The van der Waals surface area contributed by atoms with Crippen molar-refractivity contribution in [2.24, 2.45) is 17.8 Å². The van der Waals surface area contributed by atoms with Gasteiger partial charge in [0.15, 0.2) is 5.82 Å². The molecule has 8 heteroatoms. The van der Waals surface area contributed by atoms with Crippen molar-refractivity contribution < 1.29 is 8.78 Å². The molecule has 1 aliphatic carbocycles. The van der Waals surface area contributed by atoms with Gasteiger partial charge in [0.2, 0.25) is 5.28 Å². The second-order valence-corrected chi connectivity index (χ2v) is 7.49. The summed E-state index contributed by atoms with van der Waals surface area (Å²) in [6, 6.07) is 3.63. The molecule has 1 saturated carbocycles. The van der Waals surface area contributed by atoms with Gasteiger partial charge in [-0.3, -0.25) is 0 Å². The van der Waals surface area contributed by atoms with E-state index in [0.717, 1.165) is 12.8 Å². The third-order valence-electron chi connectivity index (χ3n) is 5.06. The van der Waals surface area contributed by atoms with E-state index in [2.05, 4.69) is 32.0 Å². The lowest BCUT2D eigenvalue weighted by molar-refractivity contribution is 0.336. The first-order chi connectivity index (χ1) is 11.5. The van der Waals surface area contributed by atoms with Crippen molar-refractivity contribution in [1.82, 2.24) is 9.97 Å². The molecule has 2 fully saturated rings. The van der Waals surface area contributed by atoms with E-state index >= 15 is 0 Å². The van der Waals surface area contributed by atoms with Crippen molar-refractivity contribution in [1.29, 1.82) is 5.26 Å². The van der Waals surface area contributed by atoms with Crippen LogP contribution < -0.4 is 4.90 Å². The van der Waals surface area contributed by atoms with Crippen LogP contribution in [-0.2, 0) is 0 Å². The van der Waals surface area contributed by atoms with E-state index in [0.29, 0.717) is 24.3 Å². The zero-order valence-electron chi connectivity index (χ0n) is 12.4. The van der Waals surface area contributed by atoms with Gasteiger partial charge in [-0.2, -0.15) is 10.2 Å². The molecule has 0 amide bonds. The molecule has 0 radical (unpaired) electrons. The van der Waals surface area contributed by atoms with Crippen LogP contribution in [0.15, 0.2) is 10.5 Å². The van der Waals surface area contributed by atoms with Gasteiger partial charge in [0.05, 0.1) is 16.5 Å². The van der Waals surface area contributed by atoms with Crippen LogP contribution in [0.3, 0.4) is 0 Å². The maximum Gasteiger partial charge on any atom is 0.225 e. The number of hydrogen-bond acceptors (Lipinski definition) is 4. The molecule has 4 nitrogen and oxygen atoms in total. The smallest absolute Gasteiger partial charge is 0.225 e. The fraction of sp³-hybridized carbons (Fsp3) is 0.438. The molecule has 2 bridgehead atoms. The number of rotatable bonds is 1. The van der Waals surface area contributed by atoms with Crippen LogP contribution in [0, 0.1) is 40.7 Å². The minimum absolute atomic E-state index is 0.00646. The summed E-state index contributed by atoms with van der Waals surface area (Å²) in [4.78, 5) is 10.1. The number of nitrogens with zero attached hydrogens (tertiary/aromatic N) is 4. The molecular weight excluding hydrogens is 402 g/mol. The summed E-state index contributed by atoms with van der Waals surface area (Å²) in [6.45, 7) is 1.27. The van der Waals surface area contributed by atoms with Gasteiger partial charge in [-0.05, 0) is 58.3 Å². The van der Waals surface area contributed by atoms with Gasteiger partial charge < -0.3 is 4.90 Å². The van der Waals surface area contributed by atoms with Crippen molar-refractivity contribution in [3.63, 3.8) is 0 Å². The van der Waals surface area contributed by atoms with Gasteiger partial charge in [-0.25, -0.2) is 13.8 Å². The highest BCUT2D eigenvalue weighted by Crippen LogP contribution is 2.44. The van der Waals surface area contributed by atoms with Gasteiger partial charge >= 0.3 is 0 Å². The van der Waals surface area contributed by atoms with Crippen LogP contribution in [0.5, 0.6) is 0 Å². The summed E-state index contributed by atoms with van der Waals surface area (Å²) in [6.07, 6.45) is 1.98. The van der Waals surface area contributed by atoms with Crippen LogP contribution in [0.2, 0.25) is 5.28 Å². The maximum absolute atomic E-state index is 14.4. The second kappa shape index (κ2) is 5.78. The summed E-state index contributed by atoms with van der Waals surface area (Å²) in [5.74, 6) is -0.506. The summed E-state index contributed by atoms with van der Waals surface area (Å²) in [5, 5.41) is 9.55. The van der Waals surface area contributed by atoms with Crippen LogP contribution in [0.25, 0.3) is 10.9 Å². The third-order valence-corrected chi connectivity index (χ3v) is 5.96. The summed E-state index contributed by atoms with van der Waals surface area (Å²) >= 11 is 8.86. The molecule has 1 saturated heterocycles. The van der Waals surface area contributed by atoms with Gasteiger partial charge in [0.1, 0.15) is 17.2 Å². The molecular formula is C16H12BrClF2N4. The lowest BCUT2D eigenvalue weighted by atomic mass is 9.86. The summed E-state index contributed by atoms with van der Waals surface area (Å²) < 4.78 is 28.1. The first kappa shape index (κ1) is 16.0. The van der Waals surface area contributed by atoms with Gasteiger partial charge in [-0.15, -0.1) is 0 Å². The fourth-order valence-corrected chi connectivity index (χ4v) is 4.44. The topological polar surface area (TPSA) is 52.8 Å². The highest BCUT2D eigenvalue weighted by Gasteiger charge is 2.43. The number of piperidine rings is 1. The Morgan fingerprint density at radius 2 is 1.92 bits per heavy atom. The van der Waals surface area contributed by atoms with E-state index in [1.54, 1.807) is 0 Å². The number of aromatic nitrogens is 2. The van der Waals surface area contributed by atoms with Crippen molar-refractivity contribution in [3.8, 4) is 6.07 Å². The van der Waals surface area contributed by atoms with E-state index in [1.165, 1.54) is 6.07 Å². The zero-order chi connectivity index (χ0) is 17.0. The molecule has 2 heterocycles. The average Bonchev–Trinajstić information content (AvgIpc) is 2.81. The van der Waals surface area contributed by atoms with Crippen molar-refractivity contribution in [2.75, 3.05) is 18.0 Å². The van der Waals surface area contributed by atoms with Gasteiger partial charge in [-0.1, -0.05) is 0 Å². The summed E-state index contributed by atoms with van der Waals surface area (Å²) in [5.41, 5.74) is -0.00646. The Kier molecular flexibility index (Phi) is 3.85. The molecule has 2 aromatic rings. The number of halogens is 4. The van der Waals surface area contributed by atoms with E-state index in [4.69, 9.17) is 11.6 Å². The zero-order valence-corrected chi connectivity index (χ0v) is 14.8. The number of anilines is 1. The number of benzene rings is 1. The minimum atomic E-state index is -0.787. The molecule has 3 atom stereocenters. The Morgan fingerprint density at radius 3 is 2.54 bits per heavy atom. The molecule has 2 aliphatic rings. The molecule has 1 aromatic heterocycles. The third kappa shape index (κ3) is 2.35. The SMILES string of the molecule is N#CC1[C@@H]2CC[C@H]1CN(c1nc(Cl)nc3c(F)c(Br)c(F)cc13)C2. The van der Waals surface area contributed by atoms with Crippen LogP contribution in [-0.4, -0.2) is 23.1 Å². The Balaban J connectivity index is 1.85. The lowest BCUT2D eigenvalue weighted by Gasteiger charge is -2.36. The number of nitriles is 1. The van der Waals surface area contributed by atoms with Crippen LogP contribution in [0.4, 0.5) is 14.6 Å². The first-order valence-electron chi connectivity index (χ1n) is 7.65. The van der Waals surface area contributed by atoms with E-state index in [-0.39, 0.29) is 33.0 Å². The predicted octanol–water partition coefficient (Wildman–Crippen LogP) is 4.31. The molecule has 1 aliphatic heterocycles. The van der Waals surface area contributed by atoms with E-state index in [9.17, 15) is 14.0 Å². The second-order valence-electron chi connectivity index (χ2n) is 6.36. The lowest BCUT2D eigenvalue weighted by Crippen LogP contribution is -2.42. The van der Waals surface area contributed by atoms with Crippen molar-refractivity contribution in [3.05, 3.63) is 27.5 Å². The van der Waals surface area contributed by atoms with Crippen molar-refractivity contribution in [2.45, 2.75) is 12.8 Å². The highest BCUT2D eigenvalue weighted by atomic mass is 79.9. The molecule has 0 spiro atoms. The minimum Gasteiger partial charge on any atom is -0.355 e. The van der Waals surface area contributed by atoms with E-state index < -0.39 is 11.6 Å². The summed E-state index contributed by atoms with van der Waals surface area (Å²) in [7, 11) is 0. The van der Waals surface area contributed by atoms with E-state index in [1.807, 2.05) is 4.90 Å². The van der Waals surface area contributed by atoms with Crippen LogP contribution in [0.1, 0.15) is 12.8 Å². The highest BCUT2D eigenvalue weighted by molar-refractivity contribution is 9.10. The maximum atomic E-state index is 14.4. The van der Waals surface area contributed by atoms with Crippen LogP contribution >= 0.6 is 27.5 Å². The van der Waals surface area contributed by atoms with Gasteiger partial charge in [0, 0.05) is 18.5 Å². The standard InChI is InChI=1S/C16H12BrClF2N4/c17-12-11(19)3-9-14(13(12)20)22-16(18)23-15(9)24-5-7-1-2-8(6-24)10(7)4-21/h3,7-8,10H,1-2,5-6H2/t7-,8+,10?. The molecule has 1 unspecified atom stereocenters. The molecule has 0 N–H and O–H groups in total. The first-order valence-corrected chi connectivity index (χ1v) is 8.82. The molecule has 124 valence electrons. The largest absolute Gasteiger partial charge is 0.355 e. The Morgan fingerprint density at radius 1 is 1.25 bits per heavy atom. The normalized spacial score (nSPS) is 26.0. The fourth-order valence-electron chi connectivity index (χ4n) is 3.98. The monoisotopic (exact) mass is 412 g/mol. The quantitative estimate of drug-likeness (QED) is 0.516. The predicted molar refractivity (Wildman–Crippen MR) is 89.7 cm³/mol. The molecule has 24 heavy (non-hydrogen) atoms. The Bertz CT molecular complexity index is 871.